The number of carbonyl (C=O) groups is 2. The van der Waals surface area contributed by atoms with Crippen LogP contribution >= 0.6 is 0 Å². The summed E-state index contributed by atoms with van der Waals surface area (Å²) in [5.41, 5.74) is 0. The third kappa shape index (κ3) is 6.84. The van der Waals surface area contributed by atoms with Crippen LogP contribution in [0, 0.1) is 0 Å². The third-order valence-electron chi connectivity index (χ3n) is 1.02. The quantitative estimate of drug-likeness (QED) is 0.230. The van der Waals surface area contributed by atoms with E-state index in [1.54, 1.807) is 6.92 Å². The van der Waals surface area contributed by atoms with E-state index >= 15 is 0 Å². The van der Waals surface area contributed by atoms with Crippen LogP contribution in [0.4, 0.5) is 4.79 Å². The summed E-state index contributed by atoms with van der Waals surface area (Å²) in [4.78, 5) is 24.6. The molecule has 0 heterocycles. The second-order valence-electron chi connectivity index (χ2n) is 1.98. The van der Waals surface area contributed by atoms with Gasteiger partial charge in [0.2, 0.25) is 0 Å². The Kier molecular flexibility index (Phi) is 6.75. The molecule has 0 aromatic carbocycles. The number of hydrogen-bond donors (Lipinski definition) is 1. The molecule has 0 radical (unpaired) electrons. The number of urea groups is 1. The minimum absolute atomic E-state index is 0.243. The summed E-state index contributed by atoms with van der Waals surface area (Å²) in [5, 5.41) is 2.20. The number of aliphatic imine (C=N–C) groups is 1. The molecule has 0 aliphatic rings. The van der Waals surface area contributed by atoms with E-state index in [1.807, 2.05) is 0 Å². The Labute approximate surface area is 81.6 Å². The average Bonchev–Trinajstić information content (AvgIpc) is 2.18. The van der Waals surface area contributed by atoms with Gasteiger partial charge in [-0.05, 0) is 6.92 Å². The van der Waals surface area contributed by atoms with Crippen molar-refractivity contribution in [2.75, 3.05) is 13.3 Å². The van der Waals surface area contributed by atoms with Gasteiger partial charge in [-0.2, -0.15) is 4.99 Å². The fourth-order valence-corrected chi connectivity index (χ4v) is 0.433. The Balaban J connectivity index is 3.54. The van der Waals surface area contributed by atoms with E-state index in [-0.39, 0.29) is 6.73 Å². The summed E-state index contributed by atoms with van der Waals surface area (Å²) >= 11 is 0. The fourth-order valence-electron chi connectivity index (χ4n) is 0.433. The Morgan fingerprint density at radius 3 is 2.86 bits per heavy atom. The summed E-state index contributed by atoms with van der Waals surface area (Å²) in [7, 11) is 0. The van der Waals surface area contributed by atoms with E-state index in [0.29, 0.717) is 6.61 Å². The molecule has 0 aliphatic carbocycles. The average molecular weight is 200 g/mol. The highest BCUT2D eigenvalue weighted by atomic mass is 16.5. The van der Waals surface area contributed by atoms with Crippen molar-refractivity contribution in [3.05, 3.63) is 12.7 Å². The second-order valence-corrected chi connectivity index (χ2v) is 1.98. The fraction of sp³-hybridized carbons (Fsp3) is 0.375. The van der Waals surface area contributed by atoms with Crippen LogP contribution in [0.3, 0.4) is 0 Å². The van der Waals surface area contributed by atoms with Crippen LogP contribution in [0.2, 0.25) is 0 Å². The summed E-state index contributed by atoms with van der Waals surface area (Å²) in [6, 6.07) is -0.643. The number of ether oxygens (including phenoxy) is 2. The van der Waals surface area contributed by atoms with Crippen molar-refractivity contribution in [1.82, 2.24) is 5.32 Å². The van der Waals surface area contributed by atoms with Gasteiger partial charge >= 0.3 is 12.0 Å². The predicted molar refractivity (Wildman–Crippen MR) is 49.8 cm³/mol. The van der Waals surface area contributed by atoms with Crippen LogP contribution in [-0.2, 0) is 14.3 Å². The molecule has 0 aliphatic heterocycles. The predicted octanol–water partition coefficient (Wildman–Crippen LogP) is 0.448. The van der Waals surface area contributed by atoms with Crippen molar-refractivity contribution < 1.29 is 19.1 Å². The standard InChI is InChI=1S/C8H12N2O4/c1-3-7(11)14-6-10-8(12)9-5-13-4-2/h3,5H,1,4,6H2,2H3,(H,10,12). The van der Waals surface area contributed by atoms with Crippen LogP contribution < -0.4 is 5.32 Å². The molecule has 14 heavy (non-hydrogen) atoms. The Morgan fingerprint density at radius 1 is 1.57 bits per heavy atom. The maximum absolute atomic E-state index is 10.8. The van der Waals surface area contributed by atoms with Gasteiger partial charge in [0.1, 0.15) is 0 Å². The van der Waals surface area contributed by atoms with Gasteiger partial charge in [0.25, 0.3) is 0 Å². The van der Waals surface area contributed by atoms with Gasteiger partial charge in [0.05, 0.1) is 6.61 Å². The van der Waals surface area contributed by atoms with E-state index in [1.165, 1.54) is 0 Å². The van der Waals surface area contributed by atoms with Crippen molar-refractivity contribution in [3.63, 3.8) is 0 Å². The topological polar surface area (TPSA) is 77.0 Å². The number of rotatable bonds is 5. The summed E-state index contributed by atoms with van der Waals surface area (Å²) < 4.78 is 9.14. The molecule has 0 fully saturated rings. The van der Waals surface area contributed by atoms with Gasteiger partial charge in [-0.1, -0.05) is 6.58 Å². The Morgan fingerprint density at radius 2 is 2.29 bits per heavy atom. The summed E-state index contributed by atoms with van der Waals surface area (Å²) in [6.45, 7) is 5.13. The lowest BCUT2D eigenvalue weighted by Gasteiger charge is -2.00. The highest BCUT2D eigenvalue weighted by Gasteiger charge is 1.97. The number of nitrogens with zero attached hydrogens (tertiary/aromatic N) is 1. The van der Waals surface area contributed by atoms with Crippen LogP contribution in [0.15, 0.2) is 17.6 Å². The van der Waals surface area contributed by atoms with Gasteiger partial charge < -0.3 is 14.8 Å². The van der Waals surface area contributed by atoms with Gasteiger partial charge in [-0.25, -0.2) is 9.59 Å². The first kappa shape index (κ1) is 12.2. The first-order valence-electron chi connectivity index (χ1n) is 3.91. The molecular formula is C8H12N2O4. The van der Waals surface area contributed by atoms with Gasteiger partial charge in [0.15, 0.2) is 13.1 Å². The van der Waals surface area contributed by atoms with Crippen molar-refractivity contribution in [2.45, 2.75) is 6.92 Å². The van der Waals surface area contributed by atoms with Crippen molar-refractivity contribution in [3.8, 4) is 0 Å². The molecule has 6 nitrogen and oxygen atoms in total. The minimum Gasteiger partial charge on any atom is -0.483 e. The maximum Gasteiger partial charge on any atom is 0.346 e. The van der Waals surface area contributed by atoms with E-state index in [2.05, 4.69) is 26.4 Å². The lowest BCUT2D eigenvalue weighted by atomic mass is 10.7. The summed E-state index contributed by atoms with van der Waals surface area (Å²) in [5.74, 6) is -0.612. The third-order valence-corrected chi connectivity index (χ3v) is 1.02. The van der Waals surface area contributed by atoms with Crippen molar-refractivity contribution in [1.29, 1.82) is 0 Å². The molecule has 0 saturated carbocycles. The summed E-state index contributed by atoms with van der Waals surface area (Å²) in [6.07, 6.45) is 2.01. The SMILES string of the molecule is C=CC(=O)OCNC(=O)N=COCC. The molecule has 6 heteroatoms. The smallest absolute Gasteiger partial charge is 0.346 e. The zero-order valence-corrected chi connectivity index (χ0v) is 7.86. The van der Waals surface area contributed by atoms with Crippen molar-refractivity contribution in [2.24, 2.45) is 4.99 Å². The number of amides is 2. The Bertz CT molecular complexity index is 237. The van der Waals surface area contributed by atoms with E-state index in [0.717, 1.165) is 12.5 Å². The van der Waals surface area contributed by atoms with Gasteiger partial charge in [-0.15, -0.1) is 0 Å². The molecule has 0 bridgehead atoms. The van der Waals surface area contributed by atoms with Crippen LogP contribution in [0.1, 0.15) is 6.92 Å². The van der Waals surface area contributed by atoms with Crippen LogP contribution in [0.5, 0.6) is 0 Å². The van der Waals surface area contributed by atoms with E-state index in [9.17, 15) is 9.59 Å². The monoisotopic (exact) mass is 200 g/mol. The molecule has 78 valence electrons. The zero-order chi connectivity index (χ0) is 10.8. The lowest BCUT2D eigenvalue weighted by Crippen LogP contribution is -2.24. The molecule has 0 saturated heterocycles. The van der Waals surface area contributed by atoms with E-state index in [4.69, 9.17) is 0 Å². The maximum atomic E-state index is 10.8. The molecule has 0 spiro atoms. The van der Waals surface area contributed by atoms with Crippen LogP contribution in [0.25, 0.3) is 0 Å². The van der Waals surface area contributed by atoms with Crippen LogP contribution in [-0.4, -0.2) is 31.7 Å². The molecular weight excluding hydrogens is 188 g/mol. The molecule has 0 unspecified atom stereocenters. The molecule has 2 amide bonds. The number of hydrogen-bond acceptors (Lipinski definition) is 4. The number of nitrogens with one attached hydrogen (secondary N) is 1. The molecule has 0 aromatic rings. The largest absolute Gasteiger partial charge is 0.483 e. The Hall–Kier alpha value is -1.85. The minimum atomic E-state index is -0.643. The first-order chi connectivity index (χ1) is 6.70. The second kappa shape index (κ2) is 7.78. The lowest BCUT2D eigenvalue weighted by molar-refractivity contribution is -0.138. The molecule has 0 rings (SSSR count). The molecule has 0 aromatic heterocycles. The molecule has 1 N–H and O–H groups in total. The highest BCUT2D eigenvalue weighted by molar-refractivity contribution is 5.83. The zero-order valence-electron chi connectivity index (χ0n) is 7.86. The number of carbonyl (C=O) groups excluding carboxylic acids is 2. The van der Waals surface area contributed by atoms with Crippen molar-refractivity contribution >= 4 is 18.4 Å². The van der Waals surface area contributed by atoms with Gasteiger partial charge in [0, 0.05) is 6.08 Å². The van der Waals surface area contributed by atoms with E-state index < -0.39 is 12.0 Å². The first-order valence-corrected chi connectivity index (χ1v) is 3.91. The highest BCUT2D eigenvalue weighted by Crippen LogP contribution is 1.78. The molecule has 0 atom stereocenters. The normalized spacial score (nSPS) is 9.50. The number of esters is 1. The van der Waals surface area contributed by atoms with Gasteiger partial charge in [-0.3, -0.25) is 0 Å².